The fraction of sp³-hybridized carbons (Fsp3) is 0.594. The summed E-state index contributed by atoms with van der Waals surface area (Å²) in [4.78, 5) is 28.8. The molecule has 0 saturated carbocycles. The Morgan fingerprint density at radius 3 is 2.57 bits per heavy atom. The van der Waals surface area contributed by atoms with Crippen LogP contribution in [0, 0.1) is 23.6 Å². The smallest absolute Gasteiger partial charge is 0.407 e. The number of hydrogen-bond acceptors (Lipinski definition) is 9. The van der Waals surface area contributed by atoms with E-state index in [-0.39, 0.29) is 54.3 Å². The van der Waals surface area contributed by atoms with Crippen LogP contribution in [0.4, 0.5) is 9.18 Å². The van der Waals surface area contributed by atoms with Crippen molar-refractivity contribution in [2.45, 2.75) is 63.5 Å². The minimum atomic E-state index is -3.90. The van der Waals surface area contributed by atoms with Gasteiger partial charge in [-0.2, -0.15) is 9.19 Å². The molecule has 0 bridgehead atoms. The zero-order valence-corrected chi connectivity index (χ0v) is 27.4. The number of carbonyl (C=O) groups excluding carboxylic acids is 1. The summed E-state index contributed by atoms with van der Waals surface area (Å²) < 4.78 is 53.2. The van der Waals surface area contributed by atoms with Gasteiger partial charge in [0.25, 0.3) is 10.0 Å². The number of halogens is 1. The predicted molar refractivity (Wildman–Crippen MR) is 169 cm³/mol. The number of cyclic esters (lactones) is 1. The molecule has 2 fully saturated rings. The molecular weight excluding hydrogens is 619 g/mol. The molecular formula is C32H43FN4O8S. The van der Waals surface area contributed by atoms with E-state index in [0.29, 0.717) is 43.6 Å². The molecule has 4 heterocycles. The Morgan fingerprint density at radius 2 is 1.89 bits per heavy atom. The van der Waals surface area contributed by atoms with E-state index in [0.717, 1.165) is 4.09 Å². The number of likely N-dealkylation sites (N-methyl/N-ethyl adjacent to an activating group) is 1. The van der Waals surface area contributed by atoms with Crippen LogP contribution in [0.2, 0.25) is 0 Å². The van der Waals surface area contributed by atoms with Crippen molar-refractivity contribution in [2.24, 2.45) is 17.8 Å². The number of aliphatic hydroxyl groups is 1. The van der Waals surface area contributed by atoms with E-state index in [2.05, 4.69) is 10.00 Å². The average molecular weight is 663 g/mol. The monoisotopic (exact) mass is 662 g/mol. The van der Waals surface area contributed by atoms with E-state index in [1.165, 1.54) is 23.2 Å². The molecule has 2 N–H and O–H groups in total. The van der Waals surface area contributed by atoms with E-state index in [1.54, 1.807) is 13.0 Å². The third-order valence-electron chi connectivity index (χ3n) is 9.44. The number of piperazine rings is 1. The number of amides is 1. The third kappa shape index (κ3) is 7.14. The number of nitrogens with zero attached hydrogens (tertiary/aromatic N) is 4. The van der Waals surface area contributed by atoms with Crippen LogP contribution in [0.25, 0.3) is 17.0 Å². The van der Waals surface area contributed by atoms with Gasteiger partial charge in [-0.15, -0.1) is 0 Å². The predicted octanol–water partition coefficient (Wildman–Crippen LogP) is 3.35. The topological polar surface area (TPSA) is 152 Å². The molecule has 252 valence electrons. The molecule has 3 aliphatic heterocycles. The number of rotatable bonds is 5. The Balaban J connectivity index is 1.49. The Morgan fingerprint density at radius 1 is 1.15 bits per heavy atom. The van der Waals surface area contributed by atoms with E-state index in [1.807, 2.05) is 33.0 Å². The quantitative estimate of drug-likeness (QED) is 0.360. The van der Waals surface area contributed by atoms with Crippen molar-refractivity contribution in [2.75, 3.05) is 39.9 Å². The van der Waals surface area contributed by atoms with E-state index >= 15 is 4.39 Å². The van der Waals surface area contributed by atoms with Crippen molar-refractivity contribution in [1.82, 2.24) is 19.0 Å². The van der Waals surface area contributed by atoms with Crippen LogP contribution >= 0.6 is 0 Å². The van der Waals surface area contributed by atoms with Gasteiger partial charge in [0, 0.05) is 31.5 Å². The minimum absolute atomic E-state index is 0.0179. The summed E-state index contributed by atoms with van der Waals surface area (Å²) in [5.74, 6) is -1.73. The highest BCUT2D eigenvalue weighted by Crippen LogP contribution is 2.32. The summed E-state index contributed by atoms with van der Waals surface area (Å²) in [5, 5.41) is 23.9. The molecule has 46 heavy (non-hydrogen) atoms. The highest BCUT2D eigenvalue weighted by atomic mass is 32.2. The lowest BCUT2D eigenvalue weighted by Gasteiger charge is -2.43. The van der Waals surface area contributed by atoms with Gasteiger partial charge in [-0.3, -0.25) is 4.79 Å². The van der Waals surface area contributed by atoms with Crippen LogP contribution in [0.3, 0.4) is 0 Å². The van der Waals surface area contributed by atoms with Crippen molar-refractivity contribution < 1.29 is 42.1 Å². The number of ether oxygens (including phenoxy) is 2. The number of esters is 1. The van der Waals surface area contributed by atoms with Crippen LogP contribution in [-0.4, -0.2) is 113 Å². The van der Waals surface area contributed by atoms with Crippen molar-refractivity contribution in [3.63, 3.8) is 0 Å². The average Bonchev–Trinajstić information content (AvgIpc) is 3.38. The van der Waals surface area contributed by atoms with Gasteiger partial charge in [0.05, 0.1) is 48.9 Å². The molecule has 1 unspecified atom stereocenters. The van der Waals surface area contributed by atoms with Crippen molar-refractivity contribution >= 4 is 39.1 Å². The second kappa shape index (κ2) is 13.8. The van der Waals surface area contributed by atoms with E-state index < -0.39 is 45.4 Å². The molecule has 2 aromatic rings. The number of benzene rings is 1. The van der Waals surface area contributed by atoms with E-state index in [4.69, 9.17) is 9.47 Å². The molecule has 1 aromatic heterocycles. The molecule has 2 saturated heterocycles. The van der Waals surface area contributed by atoms with Gasteiger partial charge in [-0.1, -0.05) is 32.1 Å². The Bertz CT molecular complexity index is 1620. The van der Waals surface area contributed by atoms with Gasteiger partial charge in [-0.05, 0) is 56.0 Å². The van der Waals surface area contributed by atoms with Gasteiger partial charge >= 0.3 is 12.1 Å². The summed E-state index contributed by atoms with van der Waals surface area (Å²) >= 11 is 0. The lowest BCUT2D eigenvalue weighted by atomic mass is 9.80. The minimum Gasteiger partial charge on any atom is -0.465 e. The fourth-order valence-electron chi connectivity index (χ4n) is 6.61. The van der Waals surface area contributed by atoms with Crippen LogP contribution in [0.15, 0.2) is 36.1 Å². The Kier molecular flexibility index (Phi) is 10.2. The first-order valence-corrected chi connectivity index (χ1v) is 17.2. The zero-order chi connectivity index (χ0) is 33.3. The van der Waals surface area contributed by atoms with Crippen LogP contribution < -0.4 is 0 Å². The van der Waals surface area contributed by atoms with E-state index in [9.17, 15) is 28.2 Å². The Hall–Kier alpha value is -3.33. The van der Waals surface area contributed by atoms with Crippen LogP contribution in [-0.2, 0) is 24.3 Å². The first kappa shape index (κ1) is 34.0. The maximum absolute atomic E-state index is 15.2. The van der Waals surface area contributed by atoms with Crippen molar-refractivity contribution in [1.29, 1.82) is 0 Å². The first-order valence-electron chi connectivity index (χ1n) is 15.7. The Labute approximate surface area is 268 Å². The van der Waals surface area contributed by atoms with Crippen molar-refractivity contribution in [3.05, 3.63) is 47.4 Å². The van der Waals surface area contributed by atoms with Gasteiger partial charge in [0.1, 0.15) is 17.2 Å². The second-order valence-electron chi connectivity index (χ2n) is 13.0. The number of hydrogen-bond donors (Lipinski definition) is 2. The van der Waals surface area contributed by atoms with Gasteiger partial charge < -0.3 is 29.5 Å². The number of carbonyl (C=O) groups is 2. The zero-order valence-electron chi connectivity index (χ0n) is 26.6. The molecule has 12 nitrogen and oxygen atoms in total. The fourth-order valence-corrected chi connectivity index (χ4v) is 8.03. The summed E-state index contributed by atoms with van der Waals surface area (Å²) in [6.07, 6.45) is 4.84. The molecule has 0 aliphatic carbocycles. The van der Waals surface area contributed by atoms with Crippen LogP contribution in [0.5, 0.6) is 0 Å². The molecule has 5 rings (SSSR count). The third-order valence-corrected chi connectivity index (χ3v) is 11.3. The second-order valence-corrected chi connectivity index (χ2v) is 15.0. The SMILES string of the molecule is C/C(=C\c1cc(F)c2cnn(S(=O)(=O)C3COC3)c2c1)[C@H]1OC(=O)C[C@H](O)CC[C@H](C)[C@@H](C2CN(C)CCN2C(=O)O)/C=C/[C@@H]1C. The standard InChI is InChI=1S/C32H43FN4O8S/c1-19-5-7-23(38)14-30(39)45-31(20(2)6-8-25(19)29-16-35(4)9-10-36(29)32(40)41)21(3)11-22-12-27(33)26-15-34-37(28(26)13-22)46(42,43)24-17-44-18-24/h6,8,11-13,15,19-20,23-25,29,31,38H,5,7,9-10,14,16-18H2,1-4H3,(H,40,41)/b8-6+,21-11+/t19-,20-,23+,25-,29?,31-/m0/s1. The maximum Gasteiger partial charge on any atom is 0.407 e. The van der Waals surface area contributed by atoms with Gasteiger partial charge in [0.2, 0.25) is 0 Å². The summed E-state index contributed by atoms with van der Waals surface area (Å²) in [6, 6.07) is 2.51. The van der Waals surface area contributed by atoms with Gasteiger partial charge in [-0.25, -0.2) is 17.6 Å². The number of aliphatic hydroxyl groups excluding tert-OH is 1. The summed E-state index contributed by atoms with van der Waals surface area (Å²) in [7, 11) is -1.93. The summed E-state index contributed by atoms with van der Waals surface area (Å²) in [6.45, 7) is 7.35. The number of aromatic nitrogens is 2. The number of carboxylic acid groups (broad SMARTS) is 1. The molecule has 14 heteroatoms. The van der Waals surface area contributed by atoms with Crippen molar-refractivity contribution in [3.8, 4) is 0 Å². The lowest BCUT2D eigenvalue weighted by molar-refractivity contribution is -0.151. The molecule has 0 spiro atoms. The molecule has 6 atom stereocenters. The largest absolute Gasteiger partial charge is 0.465 e. The highest BCUT2D eigenvalue weighted by molar-refractivity contribution is 7.90. The van der Waals surface area contributed by atoms with Crippen LogP contribution in [0.1, 0.15) is 45.6 Å². The lowest BCUT2D eigenvalue weighted by Crippen LogP contribution is -2.57. The molecule has 3 aliphatic rings. The normalized spacial score (nSPS) is 30.3. The van der Waals surface area contributed by atoms with Gasteiger partial charge in [0.15, 0.2) is 0 Å². The molecule has 0 radical (unpaired) electrons. The molecule has 1 amide bonds. The maximum atomic E-state index is 15.2. The number of fused-ring (bicyclic) bond motifs is 1. The highest BCUT2D eigenvalue weighted by Gasteiger charge is 2.38. The first-order chi connectivity index (χ1) is 21.8. The summed E-state index contributed by atoms with van der Waals surface area (Å²) in [5.41, 5.74) is 1.03. The molecule has 1 aromatic carbocycles.